The van der Waals surface area contributed by atoms with Crippen LogP contribution in [0.4, 0.5) is 22.7 Å². The average molecular weight is 438 g/mol. The molecule has 3 nitrogen and oxygen atoms in total. The molecule has 0 bridgehead atoms. The number of benzene rings is 2. The summed E-state index contributed by atoms with van der Waals surface area (Å²) in [5.74, 6) is 0. The number of hydrogen-bond donors (Lipinski definition) is 1. The first-order chi connectivity index (χ1) is 15.2. The molecule has 2 heterocycles. The lowest BCUT2D eigenvalue weighted by atomic mass is 10.1. The Labute approximate surface area is 193 Å². The standard InChI is InChI=1S/C27H39N3S/c1-4-6-8-16-29(17-9-7-5-2)22-12-14-24-26(19-22)31-27-20-23(13-15-25(27)28-24)30-18-10-11-21(30)3/h12-15,19-21,28H,4-11,16-18H2,1-3H3. The Hall–Kier alpha value is -1.81. The minimum atomic E-state index is 0.651. The van der Waals surface area contributed by atoms with Crippen LogP contribution in [0.2, 0.25) is 0 Å². The van der Waals surface area contributed by atoms with Crippen LogP contribution in [-0.4, -0.2) is 25.7 Å². The smallest absolute Gasteiger partial charge is 0.0527 e. The third-order valence-electron chi connectivity index (χ3n) is 6.73. The molecule has 0 amide bonds. The molecule has 1 saturated heterocycles. The molecule has 1 fully saturated rings. The summed E-state index contributed by atoms with van der Waals surface area (Å²) in [7, 11) is 0. The lowest BCUT2D eigenvalue weighted by molar-refractivity contribution is 0.636. The van der Waals surface area contributed by atoms with Crippen LogP contribution in [0.25, 0.3) is 0 Å². The number of unbranched alkanes of at least 4 members (excludes halogenated alkanes) is 4. The number of hydrogen-bond acceptors (Lipinski definition) is 4. The second-order valence-corrected chi connectivity index (χ2v) is 10.3. The van der Waals surface area contributed by atoms with Crippen molar-refractivity contribution < 1.29 is 0 Å². The van der Waals surface area contributed by atoms with Crippen molar-refractivity contribution in [1.29, 1.82) is 0 Å². The fourth-order valence-electron chi connectivity index (χ4n) is 4.83. The molecular formula is C27H39N3S. The maximum atomic E-state index is 3.68. The summed E-state index contributed by atoms with van der Waals surface area (Å²) in [4.78, 5) is 7.89. The first-order valence-electron chi connectivity index (χ1n) is 12.4. The zero-order chi connectivity index (χ0) is 21.6. The van der Waals surface area contributed by atoms with E-state index < -0.39 is 0 Å². The van der Waals surface area contributed by atoms with Crippen LogP contribution >= 0.6 is 11.8 Å². The van der Waals surface area contributed by atoms with Crippen molar-refractivity contribution in [1.82, 2.24) is 0 Å². The van der Waals surface area contributed by atoms with Gasteiger partial charge in [0.25, 0.3) is 0 Å². The van der Waals surface area contributed by atoms with Gasteiger partial charge in [0.15, 0.2) is 0 Å². The van der Waals surface area contributed by atoms with E-state index in [-0.39, 0.29) is 0 Å². The Morgan fingerprint density at radius 1 is 0.935 bits per heavy atom. The fourth-order valence-corrected chi connectivity index (χ4v) is 5.88. The number of anilines is 4. The Morgan fingerprint density at radius 2 is 1.61 bits per heavy atom. The van der Waals surface area contributed by atoms with Crippen LogP contribution in [0.1, 0.15) is 72.1 Å². The topological polar surface area (TPSA) is 18.5 Å². The van der Waals surface area contributed by atoms with Crippen molar-refractivity contribution in [3.8, 4) is 0 Å². The average Bonchev–Trinajstić information content (AvgIpc) is 3.22. The predicted molar refractivity (Wildman–Crippen MR) is 138 cm³/mol. The van der Waals surface area contributed by atoms with E-state index in [4.69, 9.17) is 0 Å². The molecule has 2 aliphatic heterocycles. The molecule has 0 aromatic heterocycles. The van der Waals surface area contributed by atoms with Gasteiger partial charge in [-0.15, -0.1) is 0 Å². The molecule has 2 aliphatic rings. The van der Waals surface area contributed by atoms with E-state index in [0.29, 0.717) is 6.04 Å². The predicted octanol–water partition coefficient (Wildman–Crippen LogP) is 8.07. The second kappa shape index (κ2) is 10.7. The number of rotatable bonds is 10. The van der Waals surface area contributed by atoms with Gasteiger partial charge in [-0.05, 0) is 69.0 Å². The van der Waals surface area contributed by atoms with Crippen LogP contribution in [-0.2, 0) is 0 Å². The molecule has 0 saturated carbocycles. The molecule has 0 aliphatic carbocycles. The molecular weight excluding hydrogens is 398 g/mol. The Bertz CT molecular complexity index is 856. The van der Waals surface area contributed by atoms with E-state index in [1.807, 2.05) is 11.8 Å². The molecule has 4 rings (SSSR count). The highest BCUT2D eigenvalue weighted by molar-refractivity contribution is 7.99. The SMILES string of the molecule is CCCCCN(CCCCC)c1ccc2c(c1)Sc1cc(N3CCCC3C)ccc1N2. The van der Waals surface area contributed by atoms with E-state index in [0.717, 1.165) is 0 Å². The molecule has 1 unspecified atom stereocenters. The van der Waals surface area contributed by atoms with Crippen LogP contribution < -0.4 is 15.1 Å². The second-order valence-electron chi connectivity index (χ2n) is 9.17. The van der Waals surface area contributed by atoms with E-state index in [9.17, 15) is 0 Å². The molecule has 0 radical (unpaired) electrons. The van der Waals surface area contributed by atoms with E-state index in [1.165, 1.54) is 104 Å². The molecule has 2 aromatic rings. The third kappa shape index (κ3) is 5.34. The highest BCUT2D eigenvalue weighted by Gasteiger charge is 2.23. The van der Waals surface area contributed by atoms with Crippen molar-refractivity contribution in [2.45, 2.75) is 88.0 Å². The van der Waals surface area contributed by atoms with Gasteiger partial charge in [-0.2, -0.15) is 0 Å². The summed E-state index contributed by atoms with van der Waals surface area (Å²) in [6.07, 6.45) is 10.4. The summed E-state index contributed by atoms with van der Waals surface area (Å²) in [6.45, 7) is 10.5. The quantitative estimate of drug-likeness (QED) is 0.323. The lowest BCUT2D eigenvalue weighted by Crippen LogP contribution is -2.26. The van der Waals surface area contributed by atoms with E-state index in [1.54, 1.807) is 0 Å². The summed E-state index contributed by atoms with van der Waals surface area (Å²) >= 11 is 1.93. The van der Waals surface area contributed by atoms with Crippen LogP contribution in [0.15, 0.2) is 46.2 Å². The zero-order valence-corrected chi connectivity index (χ0v) is 20.4. The largest absolute Gasteiger partial charge is 0.372 e. The van der Waals surface area contributed by atoms with Crippen molar-refractivity contribution in [3.05, 3.63) is 36.4 Å². The molecule has 1 N–H and O–H groups in total. The summed E-state index contributed by atoms with van der Waals surface area (Å²) in [6, 6.07) is 14.6. The maximum Gasteiger partial charge on any atom is 0.0527 e. The first-order valence-corrected chi connectivity index (χ1v) is 13.3. The maximum absolute atomic E-state index is 3.68. The molecule has 2 aromatic carbocycles. The van der Waals surface area contributed by atoms with Gasteiger partial charge in [0.2, 0.25) is 0 Å². The van der Waals surface area contributed by atoms with E-state index in [2.05, 4.69) is 72.3 Å². The Morgan fingerprint density at radius 3 is 2.26 bits per heavy atom. The van der Waals surface area contributed by atoms with Gasteiger partial charge >= 0.3 is 0 Å². The molecule has 31 heavy (non-hydrogen) atoms. The Kier molecular flexibility index (Phi) is 7.71. The summed E-state index contributed by atoms with van der Waals surface area (Å²) in [5.41, 5.74) is 5.24. The van der Waals surface area contributed by atoms with Gasteiger partial charge in [0, 0.05) is 46.8 Å². The van der Waals surface area contributed by atoms with Gasteiger partial charge in [-0.25, -0.2) is 0 Å². The van der Waals surface area contributed by atoms with Crippen LogP contribution in [0, 0.1) is 0 Å². The highest BCUT2D eigenvalue weighted by atomic mass is 32.2. The van der Waals surface area contributed by atoms with E-state index >= 15 is 0 Å². The van der Waals surface area contributed by atoms with Crippen molar-refractivity contribution in [2.75, 3.05) is 34.8 Å². The van der Waals surface area contributed by atoms with Gasteiger partial charge in [-0.3, -0.25) is 0 Å². The van der Waals surface area contributed by atoms with Gasteiger partial charge in [0.05, 0.1) is 11.4 Å². The summed E-state index contributed by atoms with van der Waals surface area (Å²) in [5, 5.41) is 3.68. The zero-order valence-electron chi connectivity index (χ0n) is 19.6. The number of nitrogens with zero attached hydrogens (tertiary/aromatic N) is 2. The van der Waals surface area contributed by atoms with Crippen molar-refractivity contribution >= 4 is 34.5 Å². The lowest BCUT2D eigenvalue weighted by Gasteiger charge is -2.29. The normalized spacial score (nSPS) is 17.3. The van der Waals surface area contributed by atoms with Gasteiger partial charge in [0.1, 0.15) is 0 Å². The monoisotopic (exact) mass is 437 g/mol. The Balaban J connectivity index is 1.52. The highest BCUT2D eigenvalue weighted by Crippen LogP contribution is 2.47. The fraction of sp³-hybridized carbons (Fsp3) is 0.556. The molecule has 168 valence electrons. The van der Waals surface area contributed by atoms with Crippen LogP contribution in [0.5, 0.6) is 0 Å². The minimum Gasteiger partial charge on any atom is -0.372 e. The van der Waals surface area contributed by atoms with Crippen LogP contribution in [0.3, 0.4) is 0 Å². The van der Waals surface area contributed by atoms with Crippen molar-refractivity contribution in [3.63, 3.8) is 0 Å². The van der Waals surface area contributed by atoms with Crippen molar-refractivity contribution in [2.24, 2.45) is 0 Å². The summed E-state index contributed by atoms with van der Waals surface area (Å²) < 4.78 is 0. The molecule has 0 spiro atoms. The number of fused-ring (bicyclic) bond motifs is 2. The molecule has 1 atom stereocenters. The minimum absolute atomic E-state index is 0.651. The first kappa shape index (κ1) is 22.4. The molecule has 4 heteroatoms. The van der Waals surface area contributed by atoms with Gasteiger partial charge in [-0.1, -0.05) is 51.3 Å². The number of nitrogens with one attached hydrogen (secondary N) is 1. The van der Waals surface area contributed by atoms with Gasteiger partial charge < -0.3 is 15.1 Å². The third-order valence-corrected chi connectivity index (χ3v) is 7.85.